The SMILES string of the molecule is Cc1nc(N2CC3CC3(CO)C2)sc1S(=O)(=O)NCC1CC1. The third kappa shape index (κ3) is 2.46. The molecule has 2 aliphatic carbocycles. The van der Waals surface area contributed by atoms with Crippen LogP contribution in [0.1, 0.15) is 25.0 Å². The van der Waals surface area contributed by atoms with Gasteiger partial charge in [-0.1, -0.05) is 11.3 Å². The average Bonchev–Trinajstić information content (AvgIpc) is 3.37. The lowest BCUT2D eigenvalue weighted by atomic mass is 10.1. The maximum Gasteiger partial charge on any atom is 0.252 e. The number of aliphatic hydroxyl groups excluding tert-OH is 1. The van der Waals surface area contributed by atoms with Gasteiger partial charge >= 0.3 is 0 Å². The fourth-order valence-electron chi connectivity index (χ4n) is 3.35. The van der Waals surface area contributed by atoms with Crippen molar-refractivity contribution < 1.29 is 13.5 Å². The molecule has 1 saturated heterocycles. The van der Waals surface area contributed by atoms with Gasteiger partial charge in [-0.05, 0) is 38.0 Å². The van der Waals surface area contributed by atoms with Crippen molar-refractivity contribution in [2.45, 2.75) is 30.4 Å². The Labute approximate surface area is 134 Å². The summed E-state index contributed by atoms with van der Waals surface area (Å²) in [5.74, 6) is 1.05. The van der Waals surface area contributed by atoms with Crippen molar-refractivity contribution in [1.29, 1.82) is 0 Å². The summed E-state index contributed by atoms with van der Waals surface area (Å²) >= 11 is 1.25. The molecule has 3 fully saturated rings. The van der Waals surface area contributed by atoms with Gasteiger partial charge in [0.1, 0.15) is 0 Å². The summed E-state index contributed by atoms with van der Waals surface area (Å²) in [6.45, 7) is 4.17. The zero-order chi connectivity index (χ0) is 15.5. The predicted molar refractivity (Wildman–Crippen MR) is 84.6 cm³/mol. The predicted octanol–water partition coefficient (Wildman–Crippen LogP) is 0.958. The van der Waals surface area contributed by atoms with Crippen molar-refractivity contribution in [3.8, 4) is 0 Å². The lowest BCUT2D eigenvalue weighted by Gasteiger charge is -2.18. The van der Waals surface area contributed by atoms with E-state index in [1.165, 1.54) is 11.3 Å². The molecule has 0 bridgehead atoms. The molecule has 3 aliphatic rings. The molecule has 0 amide bonds. The van der Waals surface area contributed by atoms with Crippen LogP contribution in [0.3, 0.4) is 0 Å². The van der Waals surface area contributed by atoms with E-state index in [1.807, 2.05) is 0 Å². The highest BCUT2D eigenvalue weighted by atomic mass is 32.2. The Balaban J connectivity index is 1.52. The topological polar surface area (TPSA) is 82.5 Å². The molecule has 1 aromatic heterocycles. The summed E-state index contributed by atoms with van der Waals surface area (Å²) in [6, 6.07) is 0. The number of nitrogens with zero attached hydrogens (tertiary/aromatic N) is 2. The third-order valence-corrected chi connectivity index (χ3v) is 8.39. The van der Waals surface area contributed by atoms with Gasteiger partial charge in [0.25, 0.3) is 10.0 Å². The minimum Gasteiger partial charge on any atom is -0.396 e. The van der Waals surface area contributed by atoms with Crippen molar-refractivity contribution in [2.24, 2.45) is 17.3 Å². The van der Waals surface area contributed by atoms with E-state index in [0.29, 0.717) is 28.3 Å². The number of hydrogen-bond donors (Lipinski definition) is 2. The Kier molecular flexibility index (Phi) is 3.31. The Morgan fingerprint density at radius 2 is 2.27 bits per heavy atom. The van der Waals surface area contributed by atoms with Crippen LogP contribution in [0.25, 0.3) is 0 Å². The number of piperidine rings is 1. The number of aryl methyl sites for hydroxylation is 1. The van der Waals surface area contributed by atoms with E-state index in [1.54, 1.807) is 6.92 Å². The van der Waals surface area contributed by atoms with Crippen LogP contribution in [0.5, 0.6) is 0 Å². The van der Waals surface area contributed by atoms with Crippen LogP contribution in [0, 0.1) is 24.2 Å². The molecule has 0 spiro atoms. The molecular formula is C14H21N3O3S2. The molecule has 2 heterocycles. The zero-order valence-electron chi connectivity index (χ0n) is 12.6. The van der Waals surface area contributed by atoms with Gasteiger partial charge < -0.3 is 10.0 Å². The molecule has 2 saturated carbocycles. The van der Waals surface area contributed by atoms with Crippen LogP contribution in [0.4, 0.5) is 5.13 Å². The second-order valence-electron chi connectivity index (χ2n) is 6.97. The van der Waals surface area contributed by atoms with Crippen molar-refractivity contribution in [2.75, 3.05) is 31.1 Å². The molecule has 122 valence electrons. The molecule has 4 rings (SSSR count). The molecule has 1 aromatic rings. The van der Waals surface area contributed by atoms with Crippen molar-refractivity contribution in [3.05, 3.63) is 5.69 Å². The minimum atomic E-state index is -3.45. The number of anilines is 1. The Morgan fingerprint density at radius 3 is 2.91 bits per heavy atom. The van der Waals surface area contributed by atoms with Crippen molar-refractivity contribution >= 4 is 26.5 Å². The van der Waals surface area contributed by atoms with Crippen LogP contribution in [-0.4, -0.2) is 44.7 Å². The van der Waals surface area contributed by atoms with Crippen LogP contribution >= 0.6 is 11.3 Å². The largest absolute Gasteiger partial charge is 0.396 e. The summed E-state index contributed by atoms with van der Waals surface area (Å²) in [5.41, 5.74) is 0.616. The summed E-state index contributed by atoms with van der Waals surface area (Å²) in [6.07, 6.45) is 3.32. The van der Waals surface area contributed by atoms with Crippen molar-refractivity contribution in [1.82, 2.24) is 9.71 Å². The fourth-order valence-corrected chi connectivity index (χ4v) is 6.02. The summed E-state index contributed by atoms with van der Waals surface area (Å²) in [4.78, 5) is 6.59. The van der Waals surface area contributed by atoms with E-state index >= 15 is 0 Å². The summed E-state index contributed by atoms with van der Waals surface area (Å²) in [7, 11) is -3.45. The van der Waals surface area contributed by atoms with E-state index in [9.17, 15) is 13.5 Å². The highest BCUT2D eigenvalue weighted by Crippen LogP contribution is 2.58. The van der Waals surface area contributed by atoms with Gasteiger partial charge in [0, 0.05) is 25.0 Å². The first-order valence-corrected chi connectivity index (χ1v) is 10.1. The molecule has 2 unspecified atom stereocenters. The lowest BCUT2D eigenvalue weighted by Crippen LogP contribution is -2.26. The number of nitrogens with one attached hydrogen (secondary N) is 1. The molecule has 2 N–H and O–H groups in total. The maximum atomic E-state index is 12.4. The number of rotatable bonds is 6. The number of thiazole rings is 1. The first-order chi connectivity index (χ1) is 10.4. The Bertz CT molecular complexity index is 694. The number of sulfonamides is 1. The van der Waals surface area contributed by atoms with Gasteiger partial charge in [0.15, 0.2) is 9.34 Å². The number of aliphatic hydroxyl groups is 1. The highest BCUT2D eigenvalue weighted by molar-refractivity contribution is 7.91. The fraction of sp³-hybridized carbons (Fsp3) is 0.786. The number of fused-ring (bicyclic) bond motifs is 1. The molecule has 8 heteroatoms. The first-order valence-electron chi connectivity index (χ1n) is 7.76. The van der Waals surface area contributed by atoms with Crippen LogP contribution in [0.15, 0.2) is 4.21 Å². The third-order valence-electron chi connectivity index (χ3n) is 5.14. The van der Waals surface area contributed by atoms with Gasteiger partial charge in [-0.2, -0.15) is 0 Å². The van der Waals surface area contributed by atoms with Crippen LogP contribution in [-0.2, 0) is 10.0 Å². The monoisotopic (exact) mass is 343 g/mol. The van der Waals surface area contributed by atoms with E-state index in [2.05, 4.69) is 14.6 Å². The van der Waals surface area contributed by atoms with Gasteiger partial charge in [-0.15, -0.1) is 0 Å². The van der Waals surface area contributed by atoms with Crippen molar-refractivity contribution in [3.63, 3.8) is 0 Å². The highest BCUT2D eigenvalue weighted by Gasteiger charge is 2.60. The zero-order valence-corrected chi connectivity index (χ0v) is 14.2. The quantitative estimate of drug-likeness (QED) is 0.804. The summed E-state index contributed by atoms with van der Waals surface area (Å²) in [5, 5.41) is 10.3. The molecule has 2 atom stereocenters. The van der Waals surface area contributed by atoms with Gasteiger partial charge in [-0.25, -0.2) is 18.1 Å². The van der Waals surface area contributed by atoms with E-state index in [0.717, 1.165) is 37.5 Å². The second-order valence-corrected chi connectivity index (χ2v) is 9.91. The molecule has 1 aliphatic heterocycles. The minimum absolute atomic E-state index is 0.0445. The second kappa shape index (κ2) is 4.90. The standard InChI is InChI=1S/C14H21N3O3S2/c1-9-12(22(19,20)15-5-10-2-3-10)21-13(16-9)17-6-11-4-14(11,7-17)8-18/h10-11,15,18H,2-8H2,1H3. The normalized spacial score (nSPS) is 30.6. The summed E-state index contributed by atoms with van der Waals surface area (Å²) < 4.78 is 27.9. The Hall–Kier alpha value is -0.700. The molecule has 6 nitrogen and oxygen atoms in total. The molecule has 0 aromatic carbocycles. The number of aromatic nitrogens is 1. The van der Waals surface area contributed by atoms with Gasteiger partial charge in [0.05, 0.1) is 12.3 Å². The smallest absolute Gasteiger partial charge is 0.252 e. The molecular weight excluding hydrogens is 322 g/mol. The average molecular weight is 343 g/mol. The van der Waals surface area contributed by atoms with Crippen LogP contribution in [0.2, 0.25) is 0 Å². The van der Waals surface area contributed by atoms with Gasteiger partial charge in [-0.3, -0.25) is 0 Å². The van der Waals surface area contributed by atoms with E-state index < -0.39 is 10.0 Å². The molecule has 0 radical (unpaired) electrons. The Morgan fingerprint density at radius 1 is 1.50 bits per heavy atom. The first kappa shape index (κ1) is 14.9. The lowest BCUT2D eigenvalue weighted by molar-refractivity contribution is 0.216. The van der Waals surface area contributed by atoms with Gasteiger partial charge in [0.2, 0.25) is 0 Å². The van der Waals surface area contributed by atoms with E-state index in [4.69, 9.17) is 0 Å². The van der Waals surface area contributed by atoms with E-state index in [-0.39, 0.29) is 12.0 Å². The molecule has 22 heavy (non-hydrogen) atoms. The maximum absolute atomic E-state index is 12.4. The number of hydrogen-bond acceptors (Lipinski definition) is 6. The van der Waals surface area contributed by atoms with Crippen LogP contribution < -0.4 is 9.62 Å².